The van der Waals surface area contributed by atoms with Crippen molar-refractivity contribution in [2.24, 2.45) is 10.8 Å². The summed E-state index contributed by atoms with van der Waals surface area (Å²) in [5, 5.41) is 0.763. The van der Waals surface area contributed by atoms with Crippen LogP contribution in [-0.2, 0) is 4.79 Å². The van der Waals surface area contributed by atoms with Crippen molar-refractivity contribution in [3.8, 4) is 0 Å². The van der Waals surface area contributed by atoms with E-state index in [-0.39, 0.29) is 23.1 Å². The van der Waals surface area contributed by atoms with Crippen LogP contribution in [0.3, 0.4) is 0 Å². The first-order chi connectivity index (χ1) is 10.3. The fourth-order valence-corrected chi connectivity index (χ4v) is 17.1. The molecule has 4 heterocycles. The standard InChI is InChI=1S/C17H28OS5/c1-9-13(2,3)12(18)19-10-11-20-16(7)14(4,5)17(8,21-11)23-15(10,6)22-16/h10-11H,9H2,1-8H3. The summed E-state index contributed by atoms with van der Waals surface area (Å²) >= 11 is 10.1. The molecule has 4 saturated heterocycles. The van der Waals surface area contributed by atoms with E-state index < -0.39 is 0 Å². The van der Waals surface area contributed by atoms with E-state index in [1.54, 1.807) is 11.8 Å². The molecule has 0 radical (unpaired) electrons. The summed E-state index contributed by atoms with van der Waals surface area (Å²) in [5.74, 6) is 0. The molecule has 3 atom stereocenters. The smallest absolute Gasteiger partial charge is 0.194 e. The Kier molecular flexibility index (Phi) is 4.56. The van der Waals surface area contributed by atoms with Gasteiger partial charge in [-0.05, 0) is 27.2 Å². The van der Waals surface area contributed by atoms with Crippen LogP contribution in [0.25, 0.3) is 0 Å². The topological polar surface area (TPSA) is 17.1 Å². The van der Waals surface area contributed by atoms with Gasteiger partial charge in [0.15, 0.2) is 5.12 Å². The van der Waals surface area contributed by atoms with Crippen molar-refractivity contribution in [2.45, 2.75) is 83.9 Å². The monoisotopic (exact) mass is 408 g/mol. The lowest BCUT2D eigenvalue weighted by Crippen LogP contribution is -2.68. The minimum absolute atomic E-state index is 0.129. The van der Waals surface area contributed by atoms with Crippen molar-refractivity contribution >= 4 is 63.9 Å². The zero-order chi connectivity index (χ0) is 17.5. The summed E-state index contributed by atoms with van der Waals surface area (Å²) in [6.45, 7) is 18.4. The van der Waals surface area contributed by atoms with Crippen LogP contribution in [0.4, 0.5) is 0 Å². The highest BCUT2D eigenvalue weighted by Crippen LogP contribution is 2.84. The first kappa shape index (κ1) is 19.2. The van der Waals surface area contributed by atoms with Gasteiger partial charge in [0.25, 0.3) is 0 Å². The van der Waals surface area contributed by atoms with Gasteiger partial charge < -0.3 is 0 Å². The average Bonchev–Trinajstić information content (AvgIpc) is 2.38. The lowest BCUT2D eigenvalue weighted by molar-refractivity contribution is -0.118. The Labute approximate surface area is 162 Å². The van der Waals surface area contributed by atoms with Crippen molar-refractivity contribution in [1.29, 1.82) is 0 Å². The molecule has 132 valence electrons. The molecule has 23 heavy (non-hydrogen) atoms. The van der Waals surface area contributed by atoms with Gasteiger partial charge >= 0.3 is 0 Å². The van der Waals surface area contributed by atoms with Gasteiger partial charge in [-0.2, -0.15) is 0 Å². The van der Waals surface area contributed by atoms with Crippen LogP contribution in [0.2, 0.25) is 0 Å². The van der Waals surface area contributed by atoms with E-state index in [1.165, 1.54) is 0 Å². The van der Waals surface area contributed by atoms with E-state index in [0.29, 0.717) is 14.9 Å². The van der Waals surface area contributed by atoms with E-state index in [1.807, 2.05) is 0 Å². The minimum atomic E-state index is -0.215. The summed E-state index contributed by atoms with van der Waals surface area (Å²) in [7, 11) is 0. The molecule has 3 unspecified atom stereocenters. The predicted molar refractivity (Wildman–Crippen MR) is 114 cm³/mol. The third kappa shape index (κ3) is 2.59. The van der Waals surface area contributed by atoms with Gasteiger partial charge in [0.1, 0.15) is 0 Å². The Bertz CT molecular complexity index is 521. The van der Waals surface area contributed by atoms with E-state index in [2.05, 4.69) is 102 Å². The van der Waals surface area contributed by atoms with Crippen LogP contribution in [-0.4, -0.2) is 27.2 Å². The maximum Gasteiger partial charge on any atom is 0.194 e. The number of hydrogen-bond donors (Lipinski definition) is 0. The SMILES string of the molecule is CCC(C)(C)C(=O)SC1C2SC3(C)SC1(C)SC(C)(S2)C3(C)C. The molecule has 0 aromatic heterocycles. The molecule has 0 aromatic carbocycles. The largest absolute Gasteiger partial charge is 0.287 e. The predicted octanol–water partition coefficient (Wildman–Crippen LogP) is 6.53. The third-order valence-electron chi connectivity index (χ3n) is 6.18. The molecule has 4 fully saturated rings. The van der Waals surface area contributed by atoms with Crippen LogP contribution in [0.5, 0.6) is 0 Å². The van der Waals surface area contributed by atoms with Gasteiger partial charge in [0.05, 0.1) is 22.1 Å². The van der Waals surface area contributed by atoms with Crippen molar-refractivity contribution in [3.05, 3.63) is 0 Å². The van der Waals surface area contributed by atoms with Gasteiger partial charge in [-0.15, -0.1) is 47.0 Å². The Morgan fingerprint density at radius 1 is 1.04 bits per heavy atom. The highest BCUT2D eigenvalue weighted by molar-refractivity contribution is 8.39. The molecule has 0 spiro atoms. The summed E-state index contributed by atoms with van der Waals surface area (Å²) < 4.78 is 1.12. The van der Waals surface area contributed by atoms with Gasteiger partial charge in [0, 0.05) is 10.8 Å². The molecule has 4 bridgehead atoms. The molecular weight excluding hydrogens is 381 g/mol. The maximum atomic E-state index is 12.8. The highest BCUT2D eigenvalue weighted by atomic mass is 32.3. The van der Waals surface area contributed by atoms with Gasteiger partial charge in [-0.3, -0.25) is 4.79 Å². The van der Waals surface area contributed by atoms with Crippen molar-refractivity contribution in [2.75, 3.05) is 0 Å². The number of hydrogen-bond acceptors (Lipinski definition) is 6. The number of thioether (sulfide) groups is 5. The maximum absolute atomic E-state index is 12.8. The van der Waals surface area contributed by atoms with Crippen LogP contribution in [0.1, 0.15) is 61.8 Å². The van der Waals surface area contributed by atoms with Crippen molar-refractivity contribution < 1.29 is 4.79 Å². The summed E-state index contributed by atoms with van der Waals surface area (Å²) in [6, 6.07) is 0. The Balaban J connectivity index is 1.91. The second-order valence-electron chi connectivity index (χ2n) is 8.40. The molecule has 6 heteroatoms. The van der Waals surface area contributed by atoms with E-state index in [9.17, 15) is 4.79 Å². The van der Waals surface area contributed by atoms with E-state index in [4.69, 9.17) is 0 Å². The molecule has 0 saturated carbocycles. The Morgan fingerprint density at radius 2 is 1.52 bits per heavy atom. The number of carbonyl (C=O) groups excluding carboxylic acids is 1. The van der Waals surface area contributed by atoms with Crippen LogP contribution >= 0.6 is 58.8 Å². The zero-order valence-corrected chi connectivity index (χ0v) is 19.4. The lowest BCUT2D eigenvalue weighted by atomic mass is 9.84. The summed E-state index contributed by atoms with van der Waals surface area (Å²) in [6.07, 6.45) is 0.913. The summed E-state index contributed by atoms with van der Waals surface area (Å²) in [5.41, 5.74) is 0.0520. The summed E-state index contributed by atoms with van der Waals surface area (Å²) in [4.78, 5) is 12.8. The second-order valence-corrected chi connectivity index (χ2v) is 17.4. The first-order valence-corrected chi connectivity index (χ1v) is 12.5. The number of rotatable bonds is 3. The Hall–Kier alpha value is 1.42. The average molecular weight is 409 g/mol. The van der Waals surface area contributed by atoms with Gasteiger partial charge in [-0.1, -0.05) is 46.4 Å². The fraction of sp³-hybridized carbons (Fsp3) is 0.941. The van der Waals surface area contributed by atoms with Gasteiger partial charge in [0.2, 0.25) is 0 Å². The molecule has 0 N–H and O–H groups in total. The minimum Gasteiger partial charge on any atom is -0.287 e. The second kappa shape index (κ2) is 5.46. The van der Waals surface area contributed by atoms with Gasteiger partial charge in [-0.25, -0.2) is 0 Å². The van der Waals surface area contributed by atoms with Crippen LogP contribution in [0, 0.1) is 10.8 Å². The third-order valence-corrected chi connectivity index (χ3v) is 16.8. The van der Waals surface area contributed by atoms with E-state index >= 15 is 0 Å². The lowest BCUT2D eigenvalue weighted by Gasteiger charge is -2.72. The molecular formula is C17H28OS5. The molecule has 4 rings (SSSR count). The fourth-order valence-electron chi connectivity index (χ4n) is 3.34. The molecule has 0 amide bonds. The van der Waals surface area contributed by atoms with E-state index in [0.717, 1.165) is 6.42 Å². The quantitative estimate of drug-likeness (QED) is 0.524. The number of carbonyl (C=O) groups is 1. The molecule has 4 aliphatic heterocycles. The van der Waals surface area contributed by atoms with Crippen molar-refractivity contribution in [1.82, 2.24) is 0 Å². The van der Waals surface area contributed by atoms with Crippen LogP contribution in [0.15, 0.2) is 0 Å². The van der Waals surface area contributed by atoms with Crippen LogP contribution < -0.4 is 0 Å². The molecule has 4 aliphatic rings. The van der Waals surface area contributed by atoms with Crippen molar-refractivity contribution in [3.63, 3.8) is 0 Å². The Morgan fingerprint density at radius 3 is 1.91 bits per heavy atom. The first-order valence-electron chi connectivity index (χ1n) is 8.27. The molecule has 0 aliphatic carbocycles. The molecule has 0 aromatic rings. The normalized spacial score (nSPS) is 47.8. The zero-order valence-electron chi connectivity index (χ0n) is 15.3. The highest BCUT2D eigenvalue weighted by Gasteiger charge is 2.73. The molecule has 1 nitrogen and oxygen atoms in total.